The van der Waals surface area contributed by atoms with Gasteiger partial charge in [0.05, 0.1) is 21.1 Å². The van der Waals surface area contributed by atoms with Crippen LogP contribution in [0.15, 0.2) is 42.5 Å². The number of nitro benzene ring substituents is 1. The molecule has 0 aliphatic carbocycles. The Balaban J connectivity index is 1.45. The molecule has 28 heavy (non-hydrogen) atoms. The fourth-order valence-corrected chi connectivity index (χ4v) is 5.65. The number of hydrogen-bond donors (Lipinski definition) is 0. The van der Waals surface area contributed by atoms with Gasteiger partial charge >= 0.3 is 5.97 Å². The number of benzene rings is 2. The van der Waals surface area contributed by atoms with E-state index < -0.39 is 10.9 Å². The highest BCUT2D eigenvalue weighted by Crippen LogP contribution is 2.45. The molecule has 9 heteroatoms. The largest absolute Gasteiger partial charge is 0.454 e. The summed E-state index contributed by atoms with van der Waals surface area (Å²) in [7, 11) is 0. The Labute approximate surface area is 169 Å². The van der Waals surface area contributed by atoms with E-state index in [-0.39, 0.29) is 18.0 Å². The molecular weight excluding hydrogens is 402 g/mol. The number of fused-ring (bicyclic) bond motifs is 1. The van der Waals surface area contributed by atoms with Crippen LogP contribution < -0.4 is 14.2 Å². The van der Waals surface area contributed by atoms with Gasteiger partial charge in [-0.1, -0.05) is 12.1 Å². The third kappa shape index (κ3) is 4.10. The van der Waals surface area contributed by atoms with Gasteiger partial charge in [-0.05, 0) is 29.8 Å². The van der Waals surface area contributed by atoms with E-state index >= 15 is 0 Å². The number of ether oxygens (including phenoxy) is 3. The summed E-state index contributed by atoms with van der Waals surface area (Å²) in [4.78, 5) is 22.8. The van der Waals surface area contributed by atoms with Gasteiger partial charge in [-0.2, -0.15) is 0 Å². The van der Waals surface area contributed by atoms with Crippen molar-refractivity contribution < 1.29 is 23.9 Å². The molecule has 0 bridgehead atoms. The summed E-state index contributed by atoms with van der Waals surface area (Å²) >= 11 is 3.81. The Morgan fingerprint density at radius 2 is 1.82 bits per heavy atom. The molecule has 0 unspecified atom stereocenters. The second kappa shape index (κ2) is 8.15. The molecule has 2 heterocycles. The van der Waals surface area contributed by atoms with E-state index in [0.29, 0.717) is 21.8 Å². The molecule has 1 fully saturated rings. The first kappa shape index (κ1) is 18.7. The molecule has 7 nitrogen and oxygen atoms in total. The Bertz CT molecular complexity index is 938. The van der Waals surface area contributed by atoms with Gasteiger partial charge in [-0.3, -0.25) is 10.1 Å². The third-order valence-electron chi connectivity index (χ3n) is 4.11. The molecule has 1 saturated heterocycles. The van der Waals surface area contributed by atoms with Crippen LogP contribution in [0, 0.1) is 10.1 Å². The van der Waals surface area contributed by atoms with Gasteiger partial charge in [-0.25, -0.2) is 4.79 Å². The summed E-state index contributed by atoms with van der Waals surface area (Å²) in [6.07, 6.45) is 2.49. The SMILES string of the molecule is O=C(/C=C/c1cc2c(cc1[N+](=O)[O-])OCO2)Oc1ccc(C2SCCS2)cc1. The van der Waals surface area contributed by atoms with Gasteiger partial charge < -0.3 is 14.2 Å². The van der Waals surface area contributed by atoms with Crippen molar-refractivity contribution in [3.8, 4) is 17.2 Å². The molecule has 2 aromatic carbocycles. The zero-order valence-corrected chi connectivity index (χ0v) is 16.2. The third-order valence-corrected chi connectivity index (χ3v) is 7.21. The summed E-state index contributed by atoms with van der Waals surface area (Å²) in [5.74, 6) is 2.80. The van der Waals surface area contributed by atoms with E-state index in [4.69, 9.17) is 14.2 Å². The van der Waals surface area contributed by atoms with Gasteiger partial charge in [0.1, 0.15) is 5.75 Å². The molecule has 0 N–H and O–H groups in total. The first-order valence-corrected chi connectivity index (χ1v) is 10.5. The Hall–Kier alpha value is -2.65. The molecule has 2 aromatic rings. The number of nitro groups is 1. The Kier molecular flexibility index (Phi) is 5.45. The van der Waals surface area contributed by atoms with Crippen molar-refractivity contribution in [2.24, 2.45) is 0 Å². The van der Waals surface area contributed by atoms with Gasteiger partial charge in [0.25, 0.3) is 5.69 Å². The van der Waals surface area contributed by atoms with Crippen molar-refractivity contribution in [2.75, 3.05) is 18.3 Å². The number of carbonyl (C=O) groups is 1. The lowest BCUT2D eigenvalue weighted by molar-refractivity contribution is -0.385. The molecular formula is C19H15NO6S2. The van der Waals surface area contributed by atoms with Crippen LogP contribution in [0.3, 0.4) is 0 Å². The quantitative estimate of drug-likeness (QED) is 0.232. The lowest BCUT2D eigenvalue weighted by Crippen LogP contribution is -2.04. The van der Waals surface area contributed by atoms with Crippen molar-refractivity contribution in [2.45, 2.75) is 4.58 Å². The minimum Gasteiger partial charge on any atom is -0.454 e. The number of nitrogens with zero attached hydrogens (tertiary/aromatic N) is 1. The van der Waals surface area contributed by atoms with Crippen molar-refractivity contribution in [3.63, 3.8) is 0 Å². The van der Waals surface area contributed by atoms with Crippen LogP contribution in [0.2, 0.25) is 0 Å². The lowest BCUT2D eigenvalue weighted by Gasteiger charge is -2.09. The molecule has 0 amide bonds. The van der Waals surface area contributed by atoms with Crippen LogP contribution >= 0.6 is 23.5 Å². The van der Waals surface area contributed by atoms with Crippen LogP contribution in [0.1, 0.15) is 15.7 Å². The van der Waals surface area contributed by atoms with E-state index in [9.17, 15) is 14.9 Å². The number of rotatable bonds is 5. The van der Waals surface area contributed by atoms with Gasteiger partial charge in [-0.15, -0.1) is 23.5 Å². The topological polar surface area (TPSA) is 87.9 Å². The second-order valence-corrected chi connectivity index (χ2v) is 8.64. The number of carbonyl (C=O) groups excluding carboxylic acids is 1. The molecule has 0 aromatic heterocycles. The predicted molar refractivity (Wildman–Crippen MR) is 108 cm³/mol. The first-order chi connectivity index (χ1) is 13.6. The maximum absolute atomic E-state index is 12.1. The maximum Gasteiger partial charge on any atom is 0.336 e. The summed E-state index contributed by atoms with van der Waals surface area (Å²) in [6, 6.07) is 10.2. The van der Waals surface area contributed by atoms with Crippen molar-refractivity contribution in [1.82, 2.24) is 0 Å². The Morgan fingerprint density at radius 3 is 2.50 bits per heavy atom. The number of thioether (sulfide) groups is 2. The summed E-state index contributed by atoms with van der Waals surface area (Å²) < 4.78 is 16.1. The highest BCUT2D eigenvalue weighted by atomic mass is 32.2. The van der Waals surface area contributed by atoms with E-state index in [2.05, 4.69) is 0 Å². The maximum atomic E-state index is 12.1. The molecule has 144 valence electrons. The van der Waals surface area contributed by atoms with E-state index in [1.54, 1.807) is 12.1 Å². The summed E-state index contributed by atoms with van der Waals surface area (Å²) in [5.41, 5.74) is 1.25. The van der Waals surface area contributed by atoms with Gasteiger partial charge in [0, 0.05) is 17.6 Å². The average Bonchev–Trinajstić information content (AvgIpc) is 3.37. The molecule has 0 saturated carbocycles. The average molecular weight is 417 g/mol. The standard InChI is InChI=1S/C19H15NO6S2/c21-18(26-14-4-1-12(2-5-14)19-27-7-8-28-19)6-3-13-9-16-17(25-11-24-16)10-15(13)20(22)23/h1-6,9-10,19H,7-8,11H2/b6-3+. The highest BCUT2D eigenvalue weighted by molar-refractivity contribution is 8.19. The smallest absolute Gasteiger partial charge is 0.336 e. The van der Waals surface area contributed by atoms with Crippen molar-refractivity contribution >= 4 is 41.3 Å². The fraction of sp³-hybridized carbons (Fsp3) is 0.211. The van der Waals surface area contributed by atoms with E-state index in [1.165, 1.54) is 23.8 Å². The van der Waals surface area contributed by atoms with Crippen molar-refractivity contribution in [3.05, 3.63) is 63.7 Å². The van der Waals surface area contributed by atoms with E-state index in [1.807, 2.05) is 35.7 Å². The minimum absolute atomic E-state index is 0.00949. The predicted octanol–water partition coefficient (Wildman–Crippen LogP) is 4.42. The molecule has 4 rings (SSSR count). The number of esters is 1. The molecule has 0 radical (unpaired) electrons. The first-order valence-electron chi connectivity index (χ1n) is 8.41. The molecule has 0 spiro atoms. The summed E-state index contributed by atoms with van der Waals surface area (Å²) in [5, 5.41) is 11.3. The molecule has 2 aliphatic rings. The molecule has 2 aliphatic heterocycles. The lowest BCUT2D eigenvalue weighted by atomic mass is 10.1. The van der Waals surface area contributed by atoms with Crippen LogP contribution in [0.25, 0.3) is 6.08 Å². The monoisotopic (exact) mass is 417 g/mol. The zero-order valence-electron chi connectivity index (χ0n) is 14.5. The van der Waals surface area contributed by atoms with Crippen LogP contribution in [0.5, 0.6) is 17.2 Å². The van der Waals surface area contributed by atoms with Gasteiger partial charge in [0.15, 0.2) is 11.5 Å². The normalized spacial score (nSPS) is 15.9. The highest BCUT2D eigenvalue weighted by Gasteiger charge is 2.22. The zero-order chi connectivity index (χ0) is 19.5. The Morgan fingerprint density at radius 1 is 1.14 bits per heavy atom. The van der Waals surface area contributed by atoms with E-state index in [0.717, 1.165) is 17.6 Å². The van der Waals surface area contributed by atoms with Crippen molar-refractivity contribution in [1.29, 1.82) is 0 Å². The van der Waals surface area contributed by atoms with Gasteiger partial charge in [0.2, 0.25) is 6.79 Å². The number of hydrogen-bond acceptors (Lipinski definition) is 8. The minimum atomic E-state index is -0.621. The van der Waals surface area contributed by atoms with Crippen LogP contribution in [-0.4, -0.2) is 29.2 Å². The van der Waals surface area contributed by atoms with Crippen LogP contribution in [0.4, 0.5) is 5.69 Å². The van der Waals surface area contributed by atoms with Crippen LogP contribution in [-0.2, 0) is 4.79 Å². The second-order valence-electron chi connectivity index (χ2n) is 5.92. The fourth-order valence-electron chi connectivity index (χ4n) is 2.79. The molecule has 0 atom stereocenters. The summed E-state index contributed by atoms with van der Waals surface area (Å²) in [6.45, 7) is 0.00949.